The zero-order valence-electron chi connectivity index (χ0n) is 20.4. The molecule has 0 saturated carbocycles. The molecule has 2 heterocycles. The van der Waals surface area contributed by atoms with Gasteiger partial charge in [0.05, 0.1) is 17.6 Å². The van der Waals surface area contributed by atoms with Crippen molar-refractivity contribution in [2.45, 2.75) is 51.1 Å². The minimum Gasteiger partial charge on any atom is -0.325 e. The van der Waals surface area contributed by atoms with Gasteiger partial charge < -0.3 is 20.9 Å². The minimum atomic E-state index is -2.95. The second kappa shape index (κ2) is 13.7. The number of amides is 2. The molecule has 36 heavy (non-hydrogen) atoms. The second-order valence-electron chi connectivity index (χ2n) is 8.69. The Morgan fingerprint density at radius 2 is 2.06 bits per heavy atom. The maximum atomic E-state index is 13.7. The van der Waals surface area contributed by atoms with Crippen LogP contribution < -0.4 is 11.1 Å². The molecule has 1 aromatic heterocycles. The molecule has 0 spiro atoms. The van der Waals surface area contributed by atoms with Crippen molar-refractivity contribution in [3.05, 3.63) is 51.7 Å². The van der Waals surface area contributed by atoms with E-state index in [2.05, 4.69) is 21.3 Å². The van der Waals surface area contributed by atoms with Gasteiger partial charge in [0.1, 0.15) is 10.8 Å². The van der Waals surface area contributed by atoms with Crippen molar-refractivity contribution in [2.24, 2.45) is 5.73 Å². The monoisotopic (exact) mass is 527 g/mol. The predicted octanol–water partition coefficient (Wildman–Crippen LogP) is 5.83. The molecule has 2 amide bonds. The SMILES string of the molecule is CF.NCc1ncc(C2=CCC(N(CCN3CCCC3)C(=O)Nc3ccc(F)c(C(F)F)c3)CC2)s1. The Labute approximate surface area is 213 Å². The van der Waals surface area contributed by atoms with E-state index in [4.69, 9.17) is 5.73 Å². The third kappa shape index (κ3) is 7.27. The Morgan fingerprint density at radius 3 is 2.67 bits per heavy atom. The van der Waals surface area contributed by atoms with Gasteiger partial charge in [-0.15, -0.1) is 11.3 Å². The van der Waals surface area contributed by atoms with Crippen molar-refractivity contribution in [1.82, 2.24) is 14.8 Å². The highest BCUT2D eigenvalue weighted by atomic mass is 32.1. The topological polar surface area (TPSA) is 74.5 Å². The highest BCUT2D eigenvalue weighted by Gasteiger charge is 2.28. The molecule has 11 heteroatoms. The summed E-state index contributed by atoms with van der Waals surface area (Å²) in [6, 6.07) is 2.93. The number of anilines is 1. The van der Waals surface area contributed by atoms with Crippen LogP contribution >= 0.6 is 11.3 Å². The first-order valence-corrected chi connectivity index (χ1v) is 12.9. The van der Waals surface area contributed by atoms with Gasteiger partial charge >= 0.3 is 6.03 Å². The number of halogens is 4. The van der Waals surface area contributed by atoms with E-state index in [1.54, 1.807) is 16.2 Å². The molecule has 1 unspecified atom stereocenters. The summed E-state index contributed by atoms with van der Waals surface area (Å²) >= 11 is 1.59. The van der Waals surface area contributed by atoms with E-state index in [1.165, 1.54) is 11.6 Å². The number of alkyl halides is 3. The molecule has 1 aromatic carbocycles. The number of hydrogen-bond donors (Lipinski definition) is 2. The minimum absolute atomic E-state index is 0.0109. The summed E-state index contributed by atoms with van der Waals surface area (Å²) in [6.07, 6.45) is 5.69. The lowest BCUT2D eigenvalue weighted by Crippen LogP contribution is -2.47. The van der Waals surface area contributed by atoms with Crippen molar-refractivity contribution in [3.63, 3.8) is 0 Å². The summed E-state index contributed by atoms with van der Waals surface area (Å²) in [7, 11) is 0.500. The zero-order chi connectivity index (χ0) is 26.1. The van der Waals surface area contributed by atoms with Gasteiger partial charge in [0.15, 0.2) is 0 Å². The fraction of sp³-hybridized carbons (Fsp3) is 0.520. The van der Waals surface area contributed by atoms with Crippen molar-refractivity contribution >= 4 is 28.6 Å². The number of thiazole rings is 1. The molecule has 0 bridgehead atoms. The Kier molecular flexibility index (Phi) is 10.7. The molecule has 198 valence electrons. The molecule has 0 radical (unpaired) electrons. The normalized spacial score (nSPS) is 18.0. The molecule has 6 nitrogen and oxygen atoms in total. The van der Waals surface area contributed by atoms with E-state index in [1.807, 2.05) is 6.20 Å². The van der Waals surface area contributed by atoms with Crippen LogP contribution in [0.15, 0.2) is 30.5 Å². The summed E-state index contributed by atoms with van der Waals surface area (Å²) in [5, 5.41) is 3.61. The smallest absolute Gasteiger partial charge is 0.322 e. The van der Waals surface area contributed by atoms with Crippen molar-refractivity contribution in [1.29, 1.82) is 0 Å². The van der Waals surface area contributed by atoms with Crippen LogP contribution in [-0.4, -0.2) is 60.2 Å². The van der Waals surface area contributed by atoms with Crippen molar-refractivity contribution in [2.75, 3.05) is 38.7 Å². The molecule has 2 aliphatic rings. The summed E-state index contributed by atoms with van der Waals surface area (Å²) in [6.45, 7) is 3.77. The molecule has 2 aromatic rings. The van der Waals surface area contributed by atoms with Crippen LogP contribution in [0.2, 0.25) is 0 Å². The molecule has 4 rings (SSSR count). The number of aromatic nitrogens is 1. The zero-order valence-corrected chi connectivity index (χ0v) is 21.2. The number of carbonyl (C=O) groups is 1. The molecular formula is C25H33F4N5OS. The predicted molar refractivity (Wildman–Crippen MR) is 135 cm³/mol. The highest BCUT2D eigenvalue weighted by Crippen LogP contribution is 2.33. The first-order chi connectivity index (χ1) is 17.4. The summed E-state index contributed by atoms with van der Waals surface area (Å²) < 4.78 is 49.4. The molecule has 1 aliphatic carbocycles. The number of likely N-dealkylation sites (tertiary alicyclic amines) is 1. The molecule has 1 aliphatic heterocycles. The van der Waals surface area contributed by atoms with Gasteiger partial charge in [0.25, 0.3) is 6.43 Å². The van der Waals surface area contributed by atoms with E-state index >= 15 is 0 Å². The van der Waals surface area contributed by atoms with Gasteiger partial charge in [-0.25, -0.2) is 22.9 Å². The molecule has 3 N–H and O–H groups in total. The average Bonchev–Trinajstić information content (AvgIpc) is 3.59. The maximum absolute atomic E-state index is 13.7. The fourth-order valence-electron chi connectivity index (χ4n) is 4.57. The summed E-state index contributed by atoms with van der Waals surface area (Å²) in [5.74, 6) is -0.982. The van der Waals surface area contributed by atoms with Crippen LogP contribution in [0.5, 0.6) is 0 Å². The van der Waals surface area contributed by atoms with E-state index < -0.39 is 17.8 Å². The van der Waals surface area contributed by atoms with Gasteiger partial charge in [-0.2, -0.15) is 0 Å². The first-order valence-electron chi connectivity index (χ1n) is 12.0. The lowest BCUT2D eigenvalue weighted by molar-refractivity contribution is 0.146. The lowest BCUT2D eigenvalue weighted by atomic mass is 9.93. The Morgan fingerprint density at radius 1 is 1.31 bits per heavy atom. The van der Waals surface area contributed by atoms with E-state index in [-0.39, 0.29) is 17.8 Å². The van der Waals surface area contributed by atoms with Crippen LogP contribution in [0, 0.1) is 5.82 Å². The van der Waals surface area contributed by atoms with E-state index in [0.717, 1.165) is 67.3 Å². The van der Waals surface area contributed by atoms with Gasteiger partial charge in [-0.1, -0.05) is 6.08 Å². The molecular weight excluding hydrogens is 494 g/mol. The summed E-state index contributed by atoms with van der Waals surface area (Å²) in [4.78, 5) is 22.8. The lowest BCUT2D eigenvalue weighted by Gasteiger charge is -2.35. The van der Waals surface area contributed by atoms with E-state index in [0.29, 0.717) is 26.7 Å². The number of allylic oxidation sites excluding steroid dienone is 1. The maximum Gasteiger partial charge on any atom is 0.322 e. The molecule has 1 atom stereocenters. The van der Waals surface area contributed by atoms with Gasteiger partial charge in [-0.3, -0.25) is 4.39 Å². The van der Waals surface area contributed by atoms with Crippen molar-refractivity contribution in [3.8, 4) is 0 Å². The van der Waals surface area contributed by atoms with Crippen LogP contribution in [0.3, 0.4) is 0 Å². The van der Waals surface area contributed by atoms with Gasteiger partial charge in [0, 0.05) is 37.6 Å². The molecule has 1 saturated heterocycles. The number of carbonyl (C=O) groups excluding carboxylic acids is 1. The quantitative estimate of drug-likeness (QED) is 0.424. The summed E-state index contributed by atoms with van der Waals surface area (Å²) in [5.41, 5.74) is 6.35. The Balaban J connectivity index is 0.00000176. The fourth-order valence-corrected chi connectivity index (χ4v) is 5.43. The van der Waals surface area contributed by atoms with Gasteiger partial charge in [-0.05, 0) is 69.0 Å². The van der Waals surface area contributed by atoms with Crippen LogP contribution in [0.25, 0.3) is 5.57 Å². The number of hydrogen-bond acceptors (Lipinski definition) is 5. The Hall–Kier alpha value is -2.50. The largest absolute Gasteiger partial charge is 0.325 e. The number of rotatable bonds is 8. The van der Waals surface area contributed by atoms with Crippen LogP contribution in [0.1, 0.15) is 54.0 Å². The highest BCUT2D eigenvalue weighted by molar-refractivity contribution is 7.12. The third-order valence-corrected chi connectivity index (χ3v) is 7.56. The van der Waals surface area contributed by atoms with Crippen LogP contribution in [-0.2, 0) is 6.54 Å². The Bertz CT molecular complexity index is 1030. The average molecular weight is 528 g/mol. The third-order valence-electron chi connectivity index (χ3n) is 6.47. The first kappa shape index (κ1) is 28.1. The van der Waals surface area contributed by atoms with Crippen LogP contribution in [0.4, 0.5) is 28.0 Å². The number of nitrogens with one attached hydrogen (secondary N) is 1. The number of urea groups is 1. The second-order valence-corrected chi connectivity index (χ2v) is 9.80. The number of nitrogens with two attached hydrogens (primary N) is 1. The molecule has 1 fully saturated rings. The standard InChI is InChI=1S/C24H30F3N5OS.CH3F/c25-20-8-5-17(13-19(20)23(26)27)30-24(33)32(12-11-31-9-1-2-10-31)18-6-3-16(4-7-18)21-15-29-22(14-28)34-21;1-2/h3,5,8,13,15,18,23H,1-2,4,6-7,9-12,14,28H2,(H,30,33);1H3. The number of benzene rings is 1. The van der Waals surface area contributed by atoms with Crippen molar-refractivity contribution < 1.29 is 22.4 Å². The van der Waals surface area contributed by atoms with E-state index in [9.17, 15) is 22.4 Å². The van der Waals surface area contributed by atoms with Gasteiger partial charge in [0.2, 0.25) is 0 Å². The number of nitrogens with zero attached hydrogens (tertiary/aromatic N) is 3.